The summed E-state index contributed by atoms with van der Waals surface area (Å²) in [5.74, 6) is 0. The minimum Gasteiger partial charge on any atom is 0 e. The number of hydrogen-bond donors (Lipinski definition) is 0. The van der Waals surface area contributed by atoms with Gasteiger partial charge in [0.1, 0.15) is 0 Å². The number of hydrogen-bond acceptors (Lipinski definition) is 0. The van der Waals surface area contributed by atoms with E-state index in [9.17, 15) is 0 Å². The van der Waals surface area contributed by atoms with Gasteiger partial charge in [0.15, 0.2) is 0 Å². The third-order valence-corrected chi connectivity index (χ3v) is 0. The molecule has 0 bridgehead atoms. The van der Waals surface area contributed by atoms with Crippen molar-refractivity contribution >= 4 is 0 Å². The van der Waals surface area contributed by atoms with Gasteiger partial charge in [-0.15, -0.1) is 0 Å². The Morgan fingerprint density at radius 1 is 1.00 bits per heavy atom. The maximum Gasteiger partial charge on any atom is 0 e. The van der Waals surface area contributed by atoms with E-state index in [1.165, 1.54) is 0 Å². The van der Waals surface area contributed by atoms with E-state index in [2.05, 4.69) is 0 Å². The molecular weight excluding hydrogens is 476 g/mol. The van der Waals surface area contributed by atoms with E-state index in [1.807, 2.05) is 0 Å². The molecule has 4 heteroatoms. The molecule has 0 aliphatic rings. The van der Waals surface area contributed by atoms with Crippen LogP contribution in [0.5, 0.6) is 0 Å². The molecular formula is CuTaTiW. The molecule has 0 rings (SSSR count). The fraction of sp³-hybridized carbons (Fsp3) is 0. The normalized spacial score (nSPS) is 0. The van der Waals surface area contributed by atoms with Crippen molar-refractivity contribution in [2.75, 3.05) is 0 Å². The maximum atomic E-state index is 0. The second-order valence-electron chi connectivity index (χ2n) is 0. The standard InChI is InChI=1S/Cu.Ta.Ti.W. The predicted molar refractivity (Wildman–Crippen MR) is 0 cm³/mol. The Hall–Kier alpha value is 2.66. The Balaban J connectivity index is 0. The molecule has 26 valence electrons. The van der Waals surface area contributed by atoms with Gasteiger partial charge in [0, 0.05) is 82.2 Å². The summed E-state index contributed by atoms with van der Waals surface area (Å²) in [6.45, 7) is 0. The van der Waals surface area contributed by atoms with Crippen LogP contribution in [0.25, 0.3) is 0 Å². The second kappa shape index (κ2) is 17.4. The molecule has 2 radical (unpaired) electrons. The molecule has 0 aliphatic carbocycles. The predicted octanol–water partition coefficient (Wildman–Crippen LogP) is -0.0100. The van der Waals surface area contributed by atoms with E-state index in [-0.39, 0.29) is 82.2 Å². The largest absolute Gasteiger partial charge is 0 e. The summed E-state index contributed by atoms with van der Waals surface area (Å²) in [5.41, 5.74) is 0. The van der Waals surface area contributed by atoms with Crippen molar-refractivity contribution in [2.24, 2.45) is 0 Å². The molecule has 0 aliphatic heterocycles. The van der Waals surface area contributed by atoms with E-state index in [0.29, 0.717) is 0 Å². The Morgan fingerprint density at radius 3 is 1.00 bits per heavy atom. The zero-order valence-corrected chi connectivity index (χ0v) is 10.3. The van der Waals surface area contributed by atoms with Crippen LogP contribution in [0.3, 0.4) is 0 Å². The van der Waals surface area contributed by atoms with Crippen molar-refractivity contribution in [1.82, 2.24) is 0 Å². The molecule has 0 heterocycles. The van der Waals surface area contributed by atoms with Crippen LogP contribution < -0.4 is 0 Å². The Morgan fingerprint density at radius 2 is 1.00 bits per heavy atom. The van der Waals surface area contributed by atoms with Crippen molar-refractivity contribution in [2.45, 2.75) is 0 Å². The zero-order valence-electron chi connectivity index (χ0n) is 1.66. The zero-order chi connectivity index (χ0) is 0. The first-order chi connectivity index (χ1) is 0. The van der Waals surface area contributed by atoms with Crippen molar-refractivity contribution in [3.63, 3.8) is 0 Å². The topological polar surface area (TPSA) is 0 Å². The van der Waals surface area contributed by atoms with Crippen LogP contribution in [-0.2, 0) is 82.2 Å². The van der Waals surface area contributed by atoms with Crippen LogP contribution in [0.15, 0.2) is 0 Å². The summed E-state index contributed by atoms with van der Waals surface area (Å²) in [5, 5.41) is 0. The fourth-order valence-electron chi connectivity index (χ4n) is 0. The van der Waals surface area contributed by atoms with Gasteiger partial charge in [0.05, 0.1) is 0 Å². The van der Waals surface area contributed by atoms with Gasteiger partial charge in [-0.1, -0.05) is 0 Å². The molecule has 0 unspecified atom stereocenters. The SMILES string of the molecule is [Cu].[Ta].[Ti].[W]. The summed E-state index contributed by atoms with van der Waals surface area (Å²) in [6.07, 6.45) is 0. The van der Waals surface area contributed by atoms with Gasteiger partial charge in [0.2, 0.25) is 0 Å². The van der Waals surface area contributed by atoms with Gasteiger partial charge >= 0.3 is 0 Å². The molecule has 4 heavy (non-hydrogen) atoms. The van der Waals surface area contributed by atoms with E-state index >= 15 is 0 Å². The van der Waals surface area contributed by atoms with Gasteiger partial charge in [-0.2, -0.15) is 0 Å². The van der Waals surface area contributed by atoms with Crippen LogP contribution in [-0.4, -0.2) is 0 Å². The Kier molecular flexibility index (Phi) is 131. The van der Waals surface area contributed by atoms with E-state index in [4.69, 9.17) is 0 Å². The second-order valence-corrected chi connectivity index (χ2v) is 0. The molecule has 0 aromatic carbocycles. The van der Waals surface area contributed by atoms with E-state index < -0.39 is 0 Å². The third kappa shape index (κ3) is 8.82. The van der Waals surface area contributed by atoms with Crippen LogP contribution in [0, 0.1) is 0 Å². The van der Waals surface area contributed by atoms with Crippen molar-refractivity contribution in [3.05, 3.63) is 0 Å². The van der Waals surface area contributed by atoms with Gasteiger partial charge in [0.25, 0.3) is 0 Å². The average molecular weight is 476 g/mol. The molecule has 0 nitrogen and oxygen atoms in total. The van der Waals surface area contributed by atoms with Crippen LogP contribution in [0.2, 0.25) is 0 Å². The Bertz CT molecular complexity index is 8.00. The first-order valence-corrected chi connectivity index (χ1v) is 0. The Labute approximate surface area is 81.0 Å². The van der Waals surface area contributed by atoms with Gasteiger partial charge in [-0.3, -0.25) is 0 Å². The van der Waals surface area contributed by atoms with Gasteiger partial charge in [-0.25, -0.2) is 0 Å². The molecule has 0 fully saturated rings. The average Bonchev–Trinajstić information content (AvgIpc) is 0. The van der Waals surface area contributed by atoms with E-state index in [0.717, 1.165) is 0 Å². The van der Waals surface area contributed by atoms with E-state index in [1.54, 1.807) is 0 Å². The summed E-state index contributed by atoms with van der Waals surface area (Å²) in [7, 11) is 0. The maximum absolute atomic E-state index is 0. The summed E-state index contributed by atoms with van der Waals surface area (Å²) in [6, 6.07) is 0. The molecule has 0 spiro atoms. The molecule has 0 atom stereocenters. The van der Waals surface area contributed by atoms with Gasteiger partial charge in [-0.05, 0) is 0 Å². The van der Waals surface area contributed by atoms with Crippen molar-refractivity contribution in [3.8, 4) is 0 Å². The first kappa shape index (κ1) is 30.1. The minimum absolute atomic E-state index is 0. The molecule has 0 saturated heterocycles. The third-order valence-electron chi connectivity index (χ3n) is 0. The van der Waals surface area contributed by atoms with Crippen LogP contribution in [0.1, 0.15) is 0 Å². The molecule has 0 aromatic heterocycles. The van der Waals surface area contributed by atoms with Gasteiger partial charge < -0.3 is 0 Å². The summed E-state index contributed by atoms with van der Waals surface area (Å²) < 4.78 is 0. The summed E-state index contributed by atoms with van der Waals surface area (Å²) in [4.78, 5) is 0. The van der Waals surface area contributed by atoms with Crippen molar-refractivity contribution in [1.29, 1.82) is 0 Å². The minimum atomic E-state index is 0. The molecule has 0 amide bonds. The fourth-order valence-corrected chi connectivity index (χ4v) is 0. The number of rotatable bonds is 0. The monoisotopic (exact) mass is 476 g/mol. The smallest absolute Gasteiger partial charge is 0 e. The van der Waals surface area contributed by atoms with Crippen molar-refractivity contribution < 1.29 is 82.2 Å². The van der Waals surface area contributed by atoms with Crippen LogP contribution >= 0.6 is 0 Å². The first-order valence-electron chi connectivity index (χ1n) is 0. The van der Waals surface area contributed by atoms with Crippen LogP contribution in [0.4, 0.5) is 0 Å². The summed E-state index contributed by atoms with van der Waals surface area (Å²) >= 11 is 0. The molecule has 0 N–H and O–H groups in total. The quantitative estimate of drug-likeness (QED) is 0.432. The molecule has 0 aromatic rings. The molecule has 0 saturated carbocycles.